The summed E-state index contributed by atoms with van der Waals surface area (Å²) in [5, 5.41) is 8.32. The molecule has 1 heterocycles. The van der Waals surface area contributed by atoms with Crippen LogP contribution in [0.5, 0.6) is 0 Å². The van der Waals surface area contributed by atoms with Crippen LogP contribution in [0.1, 0.15) is 35.5 Å². The summed E-state index contributed by atoms with van der Waals surface area (Å²) in [5.74, 6) is -0.189. The van der Waals surface area contributed by atoms with Gasteiger partial charge >= 0.3 is 0 Å². The summed E-state index contributed by atoms with van der Waals surface area (Å²) >= 11 is 12.0. The molecule has 1 unspecified atom stereocenters. The molecule has 1 aromatic heterocycles. The van der Waals surface area contributed by atoms with Gasteiger partial charge in [0.05, 0.1) is 11.7 Å². The van der Waals surface area contributed by atoms with Crippen LogP contribution >= 0.6 is 23.2 Å². The molecule has 1 atom stereocenters. The summed E-state index contributed by atoms with van der Waals surface area (Å²) in [6.45, 7) is 5.76. The van der Waals surface area contributed by atoms with E-state index in [-0.39, 0.29) is 11.9 Å². The number of hydrogen-bond donors (Lipinski definition) is 1. The van der Waals surface area contributed by atoms with Crippen molar-refractivity contribution in [3.63, 3.8) is 0 Å². The first-order valence-electron chi connectivity index (χ1n) is 7.23. The molecule has 23 heavy (non-hydrogen) atoms. The molecule has 0 spiro atoms. The van der Waals surface area contributed by atoms with E-state index in [0.29, 0.717) is 10.0 Å². The molecule has 1 N–H and O–H groups in total. The number of halogens is 2. The monoisotopic (exact) mass is 351 g/mol. The fraction of sp³-hybridized carbons (Fsp3) is 0.294. The van der Waals surface area contributed by atoms with Crippen LogP contribution in [0.25, 0.3) is 6.08 Å². The van der Waals surface area contributed by atoms with Crippen LogP contribution in [0.4, 0.5) is 0 Å². The first kappa shape index (κ1) is 17.6. The molecule has 0 saturated carbocycles. The third kappa shape index (κ3) is 4.15. The molecule has 4 nitrogen and oxygen atoms in total. The quantitative estimate of drug-likeness (QED) is 0.837. The van der Waals surface area contributed by atoms with Gasteiger partial charge in [0.2, 0.25) is 5.91 Å². The third-order valence-electron chi connectivity index (χ3n) is 3.75. The zero-order chi connectivity index (χ0) is 17.1. The number of nitrogens with zero attached hydrogens (tertiary/aromatic N) is 2. The minimum Gasteiger partial charge on any atom is -0.346 e. The Morgan fingerprint density at radius 2 is 2.04 bits per heavy atom. The van der Waals surface area contributed by atoms with Crippen LogP contribution in [0.15, 0.2) is 24.3 Å². The van der Waals surface area contributed by atoms with E-state index < -0.39 is 0 Å². The number of rotatable bonds is 4. The van der Waals surface area contributed by atoms with Crippen LogP contribution in [0.2, 0.25) is 10.0 Å². The highest BCUT2D eigenvalue weighted by Crippen LogP contribution is 2.26. The van der Waals surface area contributed by atoms with Gasteiger partial charge in [-0.1, -0.05) is 29.3 Å². The van der Waals surface area contributed by atoms with Crippen LogP contribution in [0.3, 0.4) is 0 Å². The number of amides is 1. The van der Waals surface area contributed by atoms with E-state index in [1.165, 1.54) is 6.08 Å². The summed E-state index contributed by atoms with van der Waals surface area (Å²) in [6.07, 6.45) is 3.29. The van der Waals surface area contributed by atoms with E-state index in [1.807, 2.05) is 33.9 Å². The number of carbonyl (C=O) groups excluding carboxylic acids is 1. The average Bonchev–Trinajstić information content (AvgIpc) is 2.70. The van der Waals surface area contributed by atoms with Gasteiger partial charge in [0.15, 0.2) is 0 Å². The van der Waals surface area contributed by atoms with E-state index in [9.17, 15) is 4.79 Å². The number of benzene rings is 1. The summed E-state index contributed by atoms with van der Waals surface area (Å²) in [6, 6.07) is 5.02. The van der Waals surface area contributed by atoms with Gasteiger partial charge in [-0.3, -0.25) is 9.48 Å². The van der Waals surface area contributed by atoms with Gasteiger partial charge < -0.3 is 5.32 Å². The van der Waals surface area contributed by atoms with Gasteiger partial charge in [-0.05, 0) is 44.5 Å². The Bertz CT molecular complexity index is 765. The highest BCUT2D eigenvalue weighted by Gasteiger charge is 2.12. The fourth-order valence-electron chi connectivity index (χ4n) is 2.38. The van der Waals surface area contributed by atoms with Crippen molar-refractivity contribution in [1.82, 2.24) is 15.1 Å². The molecule has 2 rings (SSSR count). The molecule has 0 aliphatic rings. The van der Waals surface area contributed by atoms with Crippen molar-refractivity contribution in [2.24, 2.45) is 7.05 Å². The standard InChI is InChI=1S/C17H19Cl2N3O/c1-10(15-6-5-13(18)9-16(15)19)20-17(23)8-7-14-11(2)21-22(4)12(14)3/h5-10H,1-4H3,(H,20,23)/b8-7+. The number of nitrogens with one attached hydrogen (secondary N) is 1. The molecule has 1 amide bonds. The van der Waals surface area contributed by atoms with Crippen molar-refractivity contribution < 1.29 is 4.79 Å². The molecular formula is C17H19Cl2N3O. The van der Waals surface area contributed by atoms with Gasteiger partial charge in [-0.2, -0.15) is 5.10 Å². The molecule has 0 fully saturated rings. The summed E-state index contributed by atoms with van der Waals surface area (Å²) in [5.41, 5.74) is 3.69. The Labute approximate surface area is 146 Å². The Morgan fingerprint density at radius 1 is 1.35 bits per heavy atom. The maximum Gasteiger partial charge on any atom is 0.244 e. The molecule has 6 heteroatoms. The highest BCUT2D eigenvalue weighted by molar-refractivity contribution is 6.35. The SMILES string of the molecule is Cc1nn(C)c(C)c1/C=C/C(=O)NC(C)c1ccc(Cl)cc1Cl. The van der Waals surface area contributed by atoms with Crippen LogP contribution < -0.4 is 5.32 Å². The van der Waals surface area contributed by atoms with E-state index in [0.717, 1.165) is 22.5 Å². The van der Waals surface area contributed by atoms with Crippen LogP contribution in [-0.4, -0.2) is 15.7 Å². The molecule has 2 aromatic rings. The maximum atomic E-state index is 12.1. The molecule has 122 valence electrons. The Balaban J connectivity index is 2.08. The van der Waals surface area contributed by atoms with Crippen molar-refractivity contribution in [2.75, 3.05) is 0 Å². The largest absolute Gasteiger partial charge is 0.346 e. The predicted molar refractivity (Wildman–Crippen MR) is 94.7 cm³/mol. The smallest absolute Gasteiger partial charge is 0.244 e. The second-order valence-electron chi connectivity index (χ2n) is 5.44. The molecule has 0 saturated heterocycles. The van der Waals surface area contributed by atoms with Crippen molar-refractivity contribution >= 4 is 35.2 Å². The minimum absolute atomic E-state index is 0.189. The Morgan fingerprint density at radius 3 is 2.61 bits per heavy atom. The normalized spacial score (nSPS) is 12.6. The lowest BCUT2D eigenvalue weighted by atomic mass is 10.1. The molecule has 0 aliphatic carbocycles. The highest BCUT2D eigenvalue weighted by atomic mass is 35.5. The van der Waals surface area contributed by atoms with E-state index in [4.69, 9.17) is 23.2 Å². The van der Waals surface area contributed by atoms with Gasteiger partial charge in [0, 0.05) is 34.4 Å². The number of hydrogen-bond acceptors (Lipinski definition) is 2. The van der Waals surface area contributed by atoms with Gasteiger partial charge in [-0.15, -0.1) is 0 Å². The summed E-state index contributed by atoms with van der Waals surface area (Å²) in [7, 11) is 1.88. The van der Waals surface area contributed by atoms with E-state index in [1.54, 1.807) is 22.9 Å². The number of aryl methyl sites for hydroxylation is 2. The lowest BCUT2D eigenvalue weighted by Crippen LogP contribution is -2.24. The lowest BCUT2D eigenvalue weighted by molar-refractivity contribution is -0.117. The number of carbonyl (C=O) groups is 1. The Hall–Kier alpha value is -1.78. The number of aromatic nitrogens is 2. The van der Waals surface area contributed by atoms with Crippen LogP contribution in [0, 0.1) is 13.8 Å². The molecule has 1 aromatic carbocycles. The van der Waals surface area contributed by atoms with Gasteiger partial charge in [0.1, 0.15) is 0 Å². The maximum absolute atomic E-state index is 12.1. The van der Waals surface area contributed by atoms with Crippen molar-refractivity contribution in [2.45, 2.75) is 26.8 Å². The second kappa shape index (κ2) is 7.20. The molecule has 0 radical (unpaired) electrons. The zero-order valence-electron chi connectivity index (χ0n) is 13.5. The van der Waals surface area contributed by atoms with Crippen LogP contribution in [-0.2, 0) is 11.8 Å². The van der Waals surface area contributed by atoms with Crippen molar-refractivity contribution in [1.29, 1.82) is 0 Å². The topological polar surface area (TPSA) is 46.9 Å². The summed E-state index contributed by atoms with van der Waals surface area (Å²) < 4.78 is 1.79. The van der Waals surface area contributed by atoms with E-state index in [2.05, 4.69) is 10.4 Å². The first-order valence-corrected chi connectivity index (χ1v) is 7.99. The third-order valence-corrected chi connectivity index (χ3v) is 4.32. The zero-order valence-corrected chi connectivity index (χ0v) is 15.0. The molecule has 0 bridgehead atoms. The molecular weight excluding hydrogens is 333 g/mol. The lowest BCUT2D eigenvalue weighted by Gasteiger charge is -2.14. The second-order valence-corrected chi connectivity index (χ2v) is 6.28. The fourth-order valence-corrected chi connectivity index (χ4v) is 2.95. The summed E-state index contributed by atoms with van der Waals surface area (Å²) in [4.78, 5) is 12.1. The van der Waals surface area contributed by atoms with Crippen molar-refractivity contribution in [3.8, 4) is 0 Å². The Kier molecular flexibility index (Phi) is 5.50. The van der Waals surface area contributed by atoms with E-state index >= 15 is 0 Å². The first-order chi connectivity index (χ1) is 10.8. The van der Waals surface area contributed by atoms with Crippen molar-refractivity contribution in [3.05, 3.63) is 56.8 Å². The minimum atomic E-state index is -0.215. The predicted octanol–water partition coefficient (Wildman–Crippen LogP) is 4.23. The molecule has 0 aliphatic heterocycles. The van der Waals surface area contributed by atoms with Gasteiger partial charge in [0.25, 0.3) is 0 Å². The average molecular weight is 352 g/mol. The van der Waals surface area contributed by atoms with Gasteiger partial charge in [-0.25, -0.2) is 0 Å².